The Morgan fingerprint density at radius 2 is 0.963 bits per heavy atom. The van der Waals surface area contributed by atoms with E-state index in [1.165, 1.54) is 0 Å². The number of carboxylic acid groups (broad SMARTS) is 6. The molecule has 13 nitrogen and oxygen atoms in total. The van der Waals surface area contributed by atoms with E-state index in [2.05, 4.69) is 0 Å². The molecule has 0 aliphatic heterocycles. The van der Waals surface area contributed by atoms with Crippen LogP contribution >= 0.6 is 0 Å². The third-order valence-corrected chi connectivity index (χ3v) is 1.82. The minimum Gasteiger partial charge on any atom is -0.550 e. The fraction of sp³-hybridized carbons (Fsp3) is 0.500. The zero-order valence-corrected chi connectivity index (χ0v) is 18.8. The first-order chi connectivity index (χ1) is 11.1. The van der Waals surface area contributed by atoms with Crippen molar-refractivity contribution >= 4 is 35.8 Å². The van der Waals surface area contributed by atoms with Crippen molar-refractivity contribution in [1.82, 2.24) is 0 Å². The molecule has 0 bridgehead atoms. The zero-order valence-electron chi connectivity index (χ0n) is 14.8. The molecule has 5 N–H and O–H groups in total. The molecule has 144 valence electrons. The van der Waals surface area contributed by atoms with Gasteiger partial charge in [0.1, 0.15) is 0 Å². The minimum atomic E-state index is -2.74. The molecular weight excluding hydrogens is 398 g/mol. The minimum absolute atomic E-state index is 0. The van der Waals surface area contributed by atoms with E-state index in [0.717, 1.165) is 6.92 Å². The van der Waals surface area contributed by atoms with Crippen molar-refractivity contribution in [3.8, 4) is 0 Å². The number of hydrogen-bond acceptors (Lipinski definition) is 9. The molecule has 0 aromatic carbocycles. The second-order valence-corrected chi connectivity index (χ2v) is 4.24. The number of carbonyl (C=O) groups is 6. The van der Waals surface area contributed by atoms with Crippen LogP contribution in [0, 0.1) is 0 Å². The van der Waals surface area contributed by atoms with E-state index >= 15 is 0 Å². The van der Waals surface area contributed by atoms with Crippen LogP contribution in [0.3, 0.4) is 0 Å². The molecule has 0 saturated carbocycles. The molecule has 0 aliphatic carbocycles. The van der Waals surface area contributed by atoms with E-state index < -0.39 is 67.1 Å². The maximum Gasteiger partial charge on any atom is 1.00 e. The topological polar surface area (TPSA) is 250 Å². The number of hydrogen-bond donors (Lipinski definition) is 5. The van der Waals surface area contributed by atoms with E-state index in [1.807, 2.05) is 0 Å². The van der Waals surface area contributed by atoms with Crippen LogP contribution in [-0.2, 0) is 28.8 Å². The van der Waals surface area contributed by atoms with Gasteiger partial charge in [-0.15, -0.1) is 0 Å². The molecule has 0 spiro atoms. The Morgan fingerprint density at radius 1 is 0.741 bits per heavy atom. The van der Waals surface area contributed by atoms with Gasteiger partial charge in [-0.05, 0) is 12.8 Å². The van der Waals surface area contributed by atoms with Gasteiger partial charge in [0.25, 0.3) is 5.97 Å². The van der Waals surface area contributed by atoms with Crippen molar-refractivity contribution in [1.29, 1.82) is 0 Å². The van der Waals surface area contributed by atoms with Gasteiger partial charge >= 0.3 is 77.0 Å². The van der Waals surface area contributed by atoms with Gasteiger partial charge in [-0.2, -0.15) is 0 Å². The normalized spacial score (nSPS) is 8.67. The SMILES string of the molecule is CC(=O)O.O=C(O)CC(O)(CC(=O)O)C(=O)O.O=C([O-])CCC(=O)[O-].[Na+].[Na+]. The smallest absolute Gasteiger partial charge is 0.550 e. The standard InChI is InChI=1S/C6H8O7.C4H6O4.C2H4O2.2Na/c7-3(8)1-6(13,5(11)12)2-4(9)10;5-3(6)1-2-4(7)8;1-2(3)4;;/h13H,1-2H2,(H,7,8)(H,9,10)(H,11,12);1-2H2,(H,5,6)(H,7,8);1H3,(H,3,4);;/q;;;2*+1/p-2. The van der Waals surface area contributed by atoms with Crippen molar-refractivity contribution in [2.75, 3.05) is 0 Å². The summed E-state index contributed by atoms with van der Waals surface area (Å²) in [5.41, 5.74) is -2.74. The molecule has 0 heterocycles. The summed E-state index contributed by atoms with van der Waals surface area (Å²) >= 11 is 0. The second kappa shape index (κ2) is 19.5. The van der Waals surface area contributed by atoms with Crippen LogP contribution in [0.1, 0.15) is 32.6 Å². The van der Waals surface area contributed by atoms with E-state index in [4.69, 9.17) is 30.3 Å². The summed E-state index contributed by atoms with van der Waals surface area (Å²) < 4.78 is 0. The summed E-state index contributed by atoms with van der Waals surface area (Å²) in [7, 11) is 0. The zero-order chi connectivity index (χ0) is 20.8. The second-order valence-electron chi connectivity index (χ2n) is 4.24. The van der Waals surface area contributed by atoms with Gasteiger partial charge in [0.2, 0.25) is 0 Å². The Balaban J connectivity index is -0.0000000994. The third-order valence-electron chi connectivity index (χ3n) is 1.82. The van der Waals surface area contributed by atoms with Gasteiger partial charge in [-0.3, -0.25) is 14.4 Å². The van der Waals surface area contributed by atoms with Gasteiger partial charge in [0.05, 0.1) is 12.8 Å². The Morgan fingerprint density at radius 3 is 1.07 bits per heavy atom. The molecule has 0 aromatic rings. The maximum absolute atomic E-state index is 10.3. The van der Waals surface area contributed by atoms with E-state index in [1.54, 1.807) is 0 Å². The van der Waals surface area contributed by atoms with Crippen LogP contribution in [0.5, 0.6) is 0 Å². The fourth-order valence-electron chi connectivity index (χ4n) is 0.918. The van der Waals surface area contributed by atoms with Crippen molar-refractivity contribution in [2.24, 2.45) is 0 Å². The monoisotopic (exact) mass is 414 g/mol. The first kappa shape index (κ1) is 36.7. The van der Waals surface area contributed by atoms with Crippen LogP contribution in [0.25, 0.3) is 0 Å². The summed E-state index contributed by atoms with van der Waals surface area (Å²) in [5, 5.41) is 60.2. The van der Waals surface area contributed by atoms with Crippen molar-refractivity contribution in [3.05, 3.63) is 0 Å². The molecule has 0 saturated heterocycles. The van der Waals surface area contributed by atoms with Gasteiger partial charge in [0.15, 0.2) is 5.60 Å². The molecule has 0 radical (unpaired) electrons. The number of aliphatic carboxylic acids is 6. The number of rotatable bonds is 8. The first-order valence-electron chi connectivity index (χ1n) is 6.12. The quantitative estimate of drug-likeness (QED) is 0.232. The molecule has 0 fully saturated rings. The third kappa shape index (κ3) is 32.9. The van der Waals surface area contributed by atoms with Crippen LogP contribution in [0.4, 0.5) is 0 Å². The first-order valence-corrected chi connectivity index (χ1v) is 6.12. The van der Waals surface area contributed by atoms with Gasteiger partial charge in [0, 0.05) is 18.9 Å². The Hall–Kier alpha value is -1.22. The molecule has 15 heteroatoms. The molecule has 0 aromatic heterocycles. The van der Waals surface area contributed by atoms with Crippen molar-refractivity contribution < 1.29 is 124 Å². The molecule has 0 atom stereocenters. The summed E-state index contributed by atoms with van der Waals surface area (Å²) in [4.78, 5) is 58.5. The van der Waals surface area contributed by atoms with Gasteiger partial charge in [-0.1, -0.05) is 0 Å². The Labute approximate surface area is 196 Å². The Bertz CT molecular complexity index is 483. The van der Waals surface area contributed by atoms with Crippen LogP contribution < -0.4 is 69.3 Å². The molecule has 27 heavy (non-hydrogen) atoms. The van der Waals surface area contributed by atoms with Crippen LogP contribution in [0.2, 0.25) is 0 Å². The van der Waals surface area contributed by atoms with Crippen molar-refractivity contribution in [3.63, 3.8) is 0 Å². The fourth-order valence-corrected chi connectivity index (χ4v) is 0.918. The number of carboxylic acids is 6. The molecule has 0 amide bonds. The Kier molecular flexibility index (Phi) is 26.5. The van der Waals surface area contributed by atoms with E-state index in [9.17, 15) is 34.2 Å². The molecule has 0 aliphatic rings. The van der Waals surface area contributed by atoms with Gasteiger partial charge < -0.3 is 45.3 Å². The predicted molar refractivity (Wildman–Crippen MR) is 69.6 cm³/mol. The average Bonchev–Trinajstić information content (AvgIpc) is 2.34. The summed E-state index contributed by atoms with van der Waals surface area (Å²) in [5.74, 6) is -8.59. The summed E-state index contributed by atoms with van der Waals surface area (Å²) in [6, 6.07) is 0. The molecular formula is C12H16Na2O13. The number of aliphatic hydroxyl groups is 1. The maximum atomic E-state index is 10.3. The predicted octanol–water partition coefficient (Wildman–Crippen LogP) is -9.88. The van der Waals surface area contributed by atoms with Gasteiger partial charge in [-0.25, -0.2) is 4.79 Å². The summed E-state index contributed by atoms with van der Waals surface area (Å²) in [6.45, 7) is 1.08. The average molecular weight is 414 g/mol. The van der Waals surface area contributed by atoms with Crippen LogP contribution in [-0.4, -0.2) is 66.9 Å². The van der Waals surface area contributed by atoms with E-state index in [0.29, 0.717) is 0 Å². The number of carbonyl (C=O) groups excluding carboxylic acids is 2. The van der Waals surface area contributed by atoms with E-state index in [-0.39, 0.29) is 59.1 Å². The molecule has 0 rings (SSSR count). The van der Waals surface area contributed by atoms with Crippen molar-refractivity contribution in [2.45, 2.75) is 38.2 Å². The van der Waals surface area contributed by atoms with Crippen LogP contribution in [0.15, 0.2) is 0 Å². The molecule has 0 unspecified atom stereocenters. The summed E-state index contributed by atoms with van der Waals surface area (Å²) in [6.07, 6.45) is -3.23. The largest absolute Gasteiger partial charge is 1.00 e.